The molecule has 0 spiro atoms. The first-order valence-electron chi connectivity index (χ1n) is 13.4. The second-order valence-corrected chi connectivity index (χ2v) is 12.0. The van der Waals surface area contributed by atoms with Crippen molar-refractivity contribution in [3.63, 3.8) is 0 Å². The largest absolute Gasteiger partial charge is 0.488 e. The van der Waals surface area contributed by atoms with Crippen LogP contribution in [0.3, 0.4) is 0 Å². The average molecular weight is 676 g/mol. The minimum atomic E-state index is -0.496. The maximum Gasteiger partial charge on any atom is 0.253 e. The van der Waals surface area contributed by atoms with Crippen LogP contribution in [0.25, 0.3) is 5.69 Å². The smallest absolute Gasteiger partial charge is 0.253 e. The Morgan fingerprint density at radius 1 is 1.02 bits per heavy atom. The van der Waals surface area contributed by atoms with Gasteiger partial charge in [0.05, 0.1) is 18.0 Å². The number of carbonyl (C=O) groups excluding carboxylic acids is 1. The molecule has 1 amide bonds. The zero-order valence-corrected chi connectivity index (χ0v) is 26.3. The quantitative estimate of drug-likeness (QED) is 0.0808. The lowest BCUT2D eigenvalue weighted by Crippen LogP contribution is -2.27. The summed E-state index contributed by atoms with van der Waals surface area (Å²) in [5.74, 6) is 1.10. The van der Waals surface area contributed by atoms with Crippen LogP contribution >= 0.6 is 39.3 Å². The number of aromatic nitrogens is 3. The molecule has 2 N–H and O–H groups in total. The van der Waals surface area contributed by atoms with Crippen molar-refractivity contribution in [2.24, 2.45) is 5.10 Å². The van der Waals surface area contributed by atoms with E-state index < -0.39 is 5.25 Å². The van der Waals surface area contributed by atoms with Gasteiger partial charge in [-0.3, -0.25) is 9.36 Å². The first kappa shape index (κ1) is 30.3. The molecule has 0 aliphatic heterocycles. The number of hydrazone groups is 1. The Kier molecular flexibility index (Phi) is 10.5. The van der Waals surface area contributed by atoms with E-state index in [9.17, 15) is 4.79 Å². The molecule has 5 aromatic rings. The molecule has 0 fully saturated rings. The van der Waals surface area contributed by atoms with Crippen LogP contribution in [-0.2, 0) is 17.9 Å². The summed E-state index contributed by atoms with van der Waals surface area (Å²) in [6.45, 7) is 2.64. The first-order valence-corrected chi connectivity index (χ1v) is 15.5. The predicted molar refractivity (Wildman–Crippen MR) is 176 cm³/mol. The van der Waals surface area contributed by atoms with Crippen LogP contribution in [0.15, 0.2) is 118 Å². The first-order chi connectivity index (χ1) is 21.0. The monoisotopic (exact) mass is 674 g/mol. The van der Waals surface area contributed by atoms with Gasteiger partial charge in [-0.25, -0.2) is 5.43 Å². The zero-order valence-electron chi connectivity index (χ0n) is 23.2. The highest BCUT2D eigenvalue weighted by Crippen LogP contribution is 2.27. The van der Waals surface area contributed by atoms with Gasteiger partial charge in [-0.2, -0.15) is 5.10 Å². The fraction of sp³-hybridized carbons (Fsp3) is 0.125. The van der Waals surface area contributed by atoms with E-state index in [1.165, 1.54) is 11.8 Å². The second kappa shape index (κ2) is 14.9. The molecule has 11 heteroatoms. The molecule has 0 aliphatic carbocycles. The maximum atomic E-state index is 13.0. The van der Waals surface area contributed by atoms with E-state index in [0.717, 1.165) is 27.0 Å². The van der Waals surface area contributed by atoms with Crippen molar-refractivity contribution in [3.8, 4) is 11.4 Å². The van der Waals surface area contributed by atoms with Crippen molar-refractivity contribution in [3.05, 3.63) is 130 Å². The molecule has 0 radical (unpaired) electrons. The Morgan fingerprint density at radius 3 is 2.58 bits per heavy atom. The summed E-state index contributed by atoms with van der Waals surface area (Å²) < 4.78 is 8.95. The molecular weight excluding hydrogens is 648 g/mol. The lowest BCUT2D eigenvalue weighted by molar-refractivity contribution is -0.120. The van der Waals surface area contributed by atoms with Gasteiger partial charge in [0.2, 0.25) is 0 Å². The molecule has 0 aliphatic rings. The minimum absolute atomic E-state index is 0.266. The molecule has 0 saturated carbocycles. The van der Waals surface area contributed by atoms with Crippen molar-refractivity contribution in [2.75, 3.05) is 5.32 Å². The summed E-state index contributed by atoms with van der Waals surface area (Å²) >= 11 is 10.8. The van der Waals surface area contributed by atoms with Crippen molar-refractivity contribution < 1.29 is 9.53 Å². The molecule has 8 nitrogen and oxygen atoms in total. The normalized spacial score (nSPS) is 11.8. The van der Waals surface area contributed by atoms with Gasteiger partial charge < -0.3 is 10.1 Å². The van der Waals surface area contributed by atoms with Crippen molar-refractivity contribution in [1.82, 2.24) is 20.2 Å². The van der Waals surface area contributed by atoms with Gasteiger partial charge >= 0.3 is 0 Å². The second-order valence-electron chi connectivity index (χ2n) is 9.38. The topological polar surface area (TPSA) is 93.4 Å². The summed E-state index contributed by atoms with van der Waals surface area (Å²) in [6, 6.07) is 32.7. The van der Waals surface area contributed by atoms with Crippen LogP contribution in [0, 0.1) is 0 Å². The minimum Gasteiger partial charge on any atom is -0.488 e. The van der Waals surface area contributed by atoms with Crippen LogP contribution in [0.4, 0.5) is 5.69 Å². The van der Waals surface area contributed by atoms with E-state index in [0.29, 0.717) is 34.9 Å². The summed E-state index contributed by atoms with van der Waals surface area (Å²) in [5, 5.41) is 17.2. The number of thioether (sulfide) groups is 1. The predicted octanol–water partition coefficient (Wildman–Crippen LogP) is 7.51. The Hall–Kier alpha value is -4.12. The van der Waals surface area contributed by atoms with Gasteiger partial charge in [0, 0.05) is 26.4 Å². The van der Waals surface area contributed by atoms with Gasteiger partial charge in [-0.05, 0) is 73.2 Å². The number of ether oxygens (including phenoxy) is 1. The van der Waals surface area contributed by atoms with Crippen LogP contribution in [0.2, 0.25) is 5.02 Å². The summed E-state index contributed by atoms with van der Waals surface area (Å²) in [5.41, 5.74) is 6.23. The van der Waals surface area contributed by atoms with Crippen molar-refractivity contribution in [1.29, 1.82) is 0 Å². The maximum absolute atomic E-state index is 13.0. The number of benzene rings is 4. The van der Waals surface area contributed by atoms with E-state index in [2.05, 4.69) is 42.0 Å². The third-order valence-corrected chi connectivity index (χ3v) is 8.03. The summed E-state index contributed by atoms with van der Waals surface area (Å²) in [4.78, 5) is 13.0. The number of para-hydroxylation sites is 2. The molecule has 5 rings (SSSR count). The molecule has 43 heavy (non-hydrogen) atoms. The van der Waals surface area contributed by atoms with Crippen LogP contribution in [0.5, 0.6) is 5.75 Å². The highest BCUT2D eigenvalue weighted by molar-refractivity contribution is 9.10. The Bertz CT molecular complexity index is 1700. The van der Waals surface area contributed by atoms with E-state index in [4.69, 9.17) is 16.3 Å². The number of nitrogens with one attached hydrogen (secondary N) is 2. The van der Waals surface area contributed by atoms with Gasteiger partial charge in [-0.1, -0.05) is 81.8 Å². The van der Waals surface area contributed by atoms with Gasteiger partial charge in [-0.15, -0.1) is 10.2 Å². The number of amides is 1. The highest BCUT2D eigenvalue weighted by atomic mass is 79.9. The summed E-state index contributed by atoms with van der Waals surface area (Å²) in [7, 11) is 0. The molecule has 0 saturated heterocycles. The van der Waals surface area contributed by atoms with E-state index in [1.807, 2.05) is 108 Å². The number of hydrogen-bond donors (Lipinski definition) is 2. The van der Waals surface area contributed by atoms with Crippen LogP contribution < -0.4 is 15.5 Å². The van der Waals surface area contributed by atoms with Gasteiger partial charge in [0.1, 0.15) is 12.4 Å². The fourth-order valence-corrected chi connectivity index (χ4v) is 5.50. The number of halogens is 2. The van der Waals surface area contributed by atoms with E-state index in [-0.39, 0.29) is 5.91 Å². The Labute approximate surface area is 267 Å². The Morgan fingerprint density at radius 2 is 1.79 bits per heavy atom. The van der Waals surface area contributed by atoms with E-state index >= 15 is 0 Å². The van der Waals surface area contributed by atoms with E-state index in [1.54, 1.807) is 13.1 Å². The fourth-order valence-electron chi connectivity index (χ4n) is 4.05. The molecular formula is C32H28BrClN6O2S. The van der Waals surface area contributed by atoms with Crippen LogP contribution in [-0.4, -0.2) is 32.1 Å². The molecule has 0 unspecified atom stereocenters. The number of rotatable bonds is 12. The third-order valence-electron chi connectivity index (χ3n) is 6.24. The average Bonchev–Trinajstić information content (AvgIpc) is 3.42. The number of carbonyl (C=O) groups is 1. The van der Waals surface area contributed by atoms with Gasteiger partial charge in [0.25, 0.3) is 5.91 Å². The number of anilines is 1. The molecule has 4 aromatic carbocycles. The standard InChI is InChI=1S/C32H28BrClN6O2S/c1-22(31(41)38-36-19-24-9-5-6-13-29(24)42-21-23-8-7-10-25(33)18-23)43-32-39-37-30(40(32)28-11-3-2-4-12-28)20-35-27-16-14-26(34)15-17-27/h2-19,22,35H,20-21H2,1H3,(H,38,41)/t22-/m1/s1. The van der Waals surface area contributed by atoms with Crippen LogP contribution in [0.1, 0.15) is 23.9 Å². The summed E-state index contributed by atoms with van der Waals surface area (Å²) in [6.07, 6.45) is 1.58. The Balaban J connectivity index is 1.23. The number of nitrogens with zero attached hydrogens (tertiary/aromatic N) is 4. The molecule has 218 valence electrons. The van der Waals surface area contributed by atoms with Crippen molar-refractivity contribution in [2.45, 2.75) is 30.5 Å². The zero-order chi connectivity index (χ0) is 30.0. The highest BCUT2D eigenvalue weighted by Gasteiger charge is 2.21. The van der Waals surface area contributed by atoms with Crippen molar-refractivity contribution >= 4 is 57.1 Å². The van der Waals surface area contributed by atoms with Gasteiger partial charge in [0.15, 0.2) is 11.0 Å². The third kappa shape index (κ3) is 8.47. The molecule has 0 bridgehead atoms. The number of hydrogen-bond acceptors (Lipinski definition) is 7. The molecule has 1 heterocycles. The molecule has 1 atom stereocenters. The molecule has 1 aromatic heterocycles. The SMILES string of the molecule is C[C@@H](Sc1nnc(CNc2ccc(Cl)cc2)n1-c1ccccc1)C(=O)NN=Cc1ccccc1OCc1cccc(Br)c1. The lowest BCUT2D eigenvalue weighted by Gasteiger charge is -2.13. The lowest BCUT2D eigenvalue weighted by atomic mass is 10.2.